The van der Waals surface area contributed by atoms with Gasteiger partial charge in [-0.25, -0.2) is 9.78 Å². The van der Waals surface area contributed by atoms with Gasteiger partial charge in [0.1, 0.15) is 5.82 Å². The van der Waals surface area contributed by atoms with Gasteiger partial charge in [-0.1, -0.05) is 12.1 Å². The van der Waals surface area contributed by atoms with Gasteiger partial charge < -0.3 is 15.0 Å². The Hall–Kier alpha value is -2.14. The highest BCUT2D eigenvalue weighted by Crippen LogP contribution is 2.21. The molecule has 2 aromatic rings. The second-order valence-electron chi connectivity index (χ2n) is 4.43. The first kappa shape index (κ1) is 13.3. The molecule has 0 saturated heterocycles. The fraction of sp³-hybridized carbons (Fsp3) is 0.286. The van der Waals surface area contributed by atoms with Crippen LogP contribution < -0.4 is 5.32 Å². The molecule has 19 heavy (non-hydrogen) atoms. The van der Waals surface area contributed by atoms with Crippen LogP contribution in [0, 0.1) is 6.92 Å². The van der Waals surface area contributed by atoms with Crippen LogP contribution in [0.2, 0.25) is 0 Å². The Morgan fingerprint density at radius 3 is 2.89 bits per heavy atom. The molecule has 100 valence electrons. The molecule has 5 heteroatoms. The number of likely N-dealkylation sites (N-methyl/N-ethyl adjacent to an activating group) is 1. The number of carboxylic acid groups (broad SMARTS) is 1. The van der Waals surface area contributed by atoms with Gasteiger partial charge in [0, 0.05) is 13.1 Å². The van der Waals surface area contributed by atoms with Gasteiger partial charge in [-0.05, 0) is 31.7 Å². The van der Waals surface area contributed by atoms with Crippen molar-refractivity contribution in [3.63, 3.8) is 0 Å². The SMILES string of the molecule is CNC(/C=C/C(=O)O)c1ccc2c(c1)nc(C)n2C. The number of hydrogen-bond acceptors (Lipinski definition) is 3. The fourth-order valence-corrected chi connectivity index (χ4v) is 2.08. The van der Waals surface area contributed by atoms with E-state index in [1.165, 1.54) is 0 Å². The van der Waals surface area contributed by atoms with Crippen LogP contribution in [0.4, 0.5) is 0 Å². The molecule has 2 N–H and O–H groups in total. The van der Waals surface area contributed by atoms with Crippen molar-refractivity contribution in [1.82, 2.24) is 14.9 Å². The minimum Gasteiger partial charge on any atom is -0.478 e. The third kappa shape index (κ3) is 2.66. The summed E-state index contributed by atoms with van der Waals surface area (Å²) in [6.07, 6.45) is 2.77. The molecule has 0 aliphatic carbocycles. The third-order valence-corrected chi connectivity index (χ3v) is 3.23. The van der Waals surface area contributed by atoms with Gasteiger partial charge in [-0.15, -0.1) is 0 Å². The zero-order chi connectivity index (χ0) is 14.0. The van der Waals surface area contributed by atoms with E-state index in [4.69, 9.17) is 5.11 Å². The first-order valence-corrected chi connectivity index (χ1v) is 6.04. The van der Waals surface area contributed by atoms with Crippen molar-refractivity contribution in [2.24, 2.45) is 7.05 Å². The number of carbonyl (C=O) groups is 1. The number of nitrogens with zero attached hydrogens (tertiary/aromatic N) is 2. The van der Waals surface area contributed by atoms with E-state index in [1.54, 1.807) is 13.1 Å². The summed E-state index contributed by atoms with van der Waals surface area (Å²) in [4.78, 5) is 15.1. The molecule has 1 aromatic heterocycles. The number of rotatable bonds is 4. The number of benzene rings is 1. The van der Waals surface area contributed by atoms with Gasteiger partial charge in [0.15, 0.2) is 0 Å². The van der Waals surface area contributed by atoms with Gasteiger partial charge in [0.25, 0.3) is 0 Å². The highest BCUT2D eigenvalue weighted by atomic mass is 16.4. The summed E-state index contributed by atoms with van der Waals surface area (Å²) in [5.41, 5.74) is 2.98. The van der Waals surface area contributed by atoms with Crippen LogP contribution in [-0.2, 0) is 11.8 Å². The number of nitrogens with one attached hydrogen (secondary N) is 1. The lowest BCUT2D eigenvalue weighted by molar-refractivity contribution is -0.131. The van der Waals surface area contributed by atoms with Crippen LogP contribution in [0.15, 0.2) is 30.4 Å². The van der Waals surface area contributed by atoms with Crippen molar-refractivity contribution in [2.75, 3.05) is 7.05 Å². The summed E-state index contributed by atoms with van der Waals surface area (Å²) < 4.78 is 2.03. The van der Waals surface area contributed by atoms with E-state index in [2.05, 4.69) is 10.3 Å². The topological polar surface area (TPSA) is 67.2 Å². The summed E-state index contributed by atoms with van der Waals surface area (Å²) in [5.74, 6) is 0.00393. The van der Waals surface area contributed by atoms with E-state index in [0.717, 1.165) is 28.5 Å². The molecule has 2 rings (SSSR count). The Morgan fingerprint density at radius 1 is 1.53 bits per heavy atom. The average molecular weight is 259 g/mol. The fourth-order valence-electron chi connectivity index (χ4n) is 2.08. The largest absolute Gasteiger partial charge is 0.478 e. The van der Waals surface area contributed by atoms with Crippen molar-refractivity contribution >= 4 is 17.0 Å². The maximum Gasteiger partial charge on any atom is 0.328 e. The highest BCUT2D eigenvalue weighted by molar-refractivity contribution is 5.80. The van der Waals surface area contributed by atoms with Crippen molar-refractivity contribution in [2.45, 2.75) is 13.0 Å². The Bertz CT molecular complexity index is 643. The molecule has 1 heterocycles. The van der Waals surface area contributed by atoms with E-state index in [-0.39, 0.29) is 6.04 Å². The standard InChI is InChI=1S/C14H17N3O2/c1-9-16-12-8-10(4-6-13(12)17(9)3)11(15-2)5-7-14(18)19/h4-8,11,15H,1-3H3,(H,18,19)/b7-5+. The maximum absolute atomic E-state index is 10.6. The smallest absolute Gasteiger partial charge is 0.328 e. The summed E-state index contributed by atoms with van der Waals surface area (Å²) >= 11 is 0. The third-order valence-electron chi connectivity index (χ3n) is 3.23. The van der Waals surface area contributed by atoms with Gasteiger partial charge in [0.2, 0.25) is 0 Å². The van der Waals surface area contributed by atoms with E-state index >= 15 is 0 Å². The predicted molar refractivity (Wildman–Crippen MR) is 74.0 cm³/mol. The number of fused-ring (bicyclic) bond motifs is 1. The first-order chi connectivity index (χ1) is 9.02. The summed E-state index contributed by atoms with van der Waals surface area (Å²) in [6.45, 7) is 1.96. The minimum atomic E-state index is -0.949. The zero-order valence-electron chi connectivity index (χ0n) is 11.2. The number of aromatic nitrogens is 2. The van der Waals surface area contributed by atoms with Crippen molar-refractivity contribution in [1.29, 1.82) is 0 Å². The van der Waals surface area contributed by atoms with Crippen LogP contribution in [0.3, 0.4) is 0 Å². The Kier molecular flexibility index (Phi) is 3.66. The molecule has 0 aliphatic heterocycles. The first-order valence-electron chi connectivity index (χ1n) is 6.04. The van der Waals surface area contributed by atoms with Crippen molar-refractivity contribution in [3.05, 3.63) is 41.7 Å². The van der Waals surface area contributed by atoms with Crippen molar-refractivity contribution < 1.29 is 9.90 Å². The number of hydrogen-bond donors (Lipinski definition) is 2. The molecule has 0 bridgehead atoms. The number of aliphatic carboxylic acids is 1. The quantitative estimate of drug-likeness (QED) is 0.821. The lowest BCUT2D eigenvalue weighted by Gasteiger charge is -2.11. The second-order valence-corrected chi connectivity index (χ2v) is 4.43. The van der Waals surface area contributed by atoms with E-state index in [0.29, 0.717) is 0 Å². The highest BCUT2D eigenvalue weighted by Gasteiger charge is 2.10. The molecule has 1 aromatic carbocycles. The molecular weight excluding hydrogens is 242 g/mol. The Balaban J connectivity index is 2.41. The summed E-state index contributed by atoms with van der Waals surface area (Å²) in [5, 5.41) is 11.8. The predicted octanol–water partition coefficient (Wildman–Crippen LogP) is 1.78. The number of carboxylic acids is 1. The van der Waals surface area contributed by atoms with Crippen LogP contribution in [0.25, 0.3) is 11.0 Å². The van der Waals surface area contributed by atoms with Gasteiger partial charge >= 0.3 is 5.97 Å². The van der Waals surface area contributed by atoms with Gasteiger partial charge in [-0.2, -0.15) is 0 Å². The van der Waals surface area contributed by atoms with Gasteiger partial charge in [0.05, 0.1) is 17.1 Å². The van der Waals surface area contributed by atoms with Crippen LogP contribution >= 0.6 is 0 Å². The molecular formula is C14H17N3O2. The van der Waals surface area contributed by atoms with E-state index in [9.17, 15) is 4.79 Å². The molecule has 0 fully saturated rings. The summed E-state index contributed by atoms with van der Waals surface area (Å²) in [6, 6.07) is 5.83. The molecule has 0 radical (unpaired) electrons. The molecule has 0 aliphatic rings. The average Bonchev–Trinajstić information content (AvgIpc) is 2.65. The zero-order valence-corrected chi connectivity index (χ0v) is 11.2. The van der Waals surface area contributed by atoms with Crippen molar-refractivity contribution in [3.8, 4) is 0 Å². The Labute approximate surface area is 111 Å². The molecule has 0 amide bonds. The van der Waals surface area contributed by atoms with E-state index in [1.807, 2.05) is 36.7 Å². The lowest BCUT2D eigenvalue weighted by Crippen LogP contribution is -2.14. The van der Waals surface area contributed by atoms with Crippen LogP contribution in [0.1, 0.15) is 17.4 Å². The summed E-state index contributed by atoms with van der Waals surface area (Å²) in [7, 11) is 3.77. The molecule has 1 unspecified atom stereocenters. The maximum atomic E-state index is 10.6. The second kappa shape index (κ2) is 5.24. The molecule has 0 spiro atoms. The van der Waals surface area contributed by atoms with E-state index < -0.39 is 5.97 Å². The molecule has 5 nitrogen and oxygen atoms in total. The normalized spacial score (nSPS) is 13.2. The van der Waals surface area contributed by atoms with Gasteiger partial charge in [-0.3, -0.25) is 0 Å². The van der Waals surface area contributed by atoms with Crippen LogP contribution in [-0.4, -0.2) is 27.7 Å². The number of aryl methyl sites for hydroxylation is 2. The monoisotopic (exact) mass is 259 g/mol. The number of imidazole rings is 1. The Morgan fingerprint density at radius 2 is 2.26 bits per heavy atom. The van der Waals surface area contributed by atoms with Crippen LogP contribution in [0.5, 0.6) is 0 Å². The minimum absolute atomic E-state index is 0.136. The molecule has 1 atom stereocenters. The molecule has 0 saturated carbocycles. The lowest BCUT2D eigenvalue weighted by atomic mass is 10.1.